The van der Waals surface area contributed by atoms with Crippen LogP contribution in [0.2, 0.25) is 0 Å². The number of rotatable bonds is 7. The Morgan fingerprint density at radius 3 is 2.81 bits per heavy atom. The molecule has 0 N–H and O–H groups in total. The van der Waals surface area contributed by atoms with Crippen LogP contribution in [0.15, 0.2) is 30.6 Å². The third-order valence-electron chi connectivity index (χ3n) is 5.55. The third-order valence-corrected chi connectivity index (χ3v) is 5.55. The number of benzene rings is 1. The van der Waals surface area contributed by atoms with Crippen molar-refractivity contribution in [2.75, 3.05) is 33.8 Å². The Labute approximate surface area is 161 Å². The SMILES string of the molecule is CCN1CCC[C@@H](CN(C)Cc2ccc(OC)c(F)c2)[C@@H]1c1cnn(C)c1. The first kappa shape index (κ1) is 19.8. The van der Waals surface area contributed by atoms with Gasteiger partial charge in [0.05, 0.1) is 13.3 Å². The van der Waals surface area contributed by atoms with Crippen molar-refractivity contribution in [3.8, 4) is 5.75 Å². The summed E-state index contributed by atoms with van der Waals surface area (Å²) in [6.45, 7) is 6.12. The molecule has 0 saturated carbocycles. The summed E-state index contributed by atoms with van der Waals surface area (Å²) in [6.07, 6.45) is 6.58. The Kier molecular flexibility index (Phi) is 6.50. The van der Waals surface area contributed by atoms with E-state index in [-0.39, 0.29) is 5.82 Å². The second-order valence-electron chi connectivity index (χ2n) is 7.59. The number of ether oxygens (including phenoxy) is 1. The Morgan fingerprint density at radius 2 is 2.19 bits per heavy atom. The predicted octanol–water partition coefficient (Wildman–Crippen LogP) is 3.47. The van der Waals surface area contributed by atoms with Gasteiger partial charge in [0.15, 0.2) is 11.6 Å². The molecule has 1 fully saturated rings. The van der Waals surface area contributed by atoms with Gasteiger partial charge in [-0.15, -0.1) is 0 Å². The topological polar surface area (TPSA) is 33.5 Å². The standard InChI is InChI=1S/C21H31FN4O/c1-5-26-10-6-7-17(21(26)18-12-23-25(3)15-18)14-24(2)13-16-8-9-20(27-4)19(22)11-16/h8-9,11-12,15,17,21H,5-7,10,13-14H2,1-4H3/t17-,21+/m0/s1. The Hall–Kier alpha value is -1.92. The van der Waals surface area contributed by atoms with Gasteiger partial charge in [0.2, 0.25) is 0 Å². The number of methoxy groups -OCH3 is 1. The highest BCUT2D eigenvalue weighted by Gasteiger charge is 2.33. The molecular weight excluding hydrogens is 343 g/mol. The van der Waals surface area contributed by atoms with Crippen molar-refractivity contribution in [3.05, 3.63) is 47.5 Å². The van der Waals surface area contributed by atoms with E-state index in [0.717, 1.165) is 31.7 Å². The van der Waals surface area contributed by atoms with E-state index >= 15 is 0 Å². The van der Waals surface area contributed by atoms with Gasteiger partial charge in [-0.2, -0.15) is 5.10 Å². The Bertz CT molecular complexity index is 748. The molecule has 0 spiro atoms. The smallest absolute Gasteiger partial charge is 0.165 e. The molecule has 2 aromatic rings. The average molecular weight is 375 g/mol. The number of halogens is 1. The summed E-state index contributed by atoms with van der Waals surface area (Å²) in [5.41, 5.74) is 2.27. The molecular formula is C21H31FN4O. The van der Waals surface area contributed by atoms with Crippen LogP contribution in [0, 0.1) is 11.7 Å². The first-order valence-electron chi connectivity index (χ1n) is 9.75. The van der Waals surface area contributed by atoms with Crippen LogP contribution in [0.3, 0.4) is 0 Å². The third kappa shape index (κ3) is 4.68. The number of aryl methyl sites for hydroxylation is 1. The Morgan fingerprint density at radius 1 is 1.37 bits per heavy atom. The van der Waals surface area contributed by atoms with Gasteiger partial charge in [0, 0.05) is 37.9 Å². The molecule has 0 aliphatic carbocycles. The first-order chi connectivity index (χ1) is 13.0. The Balaban J connectivity index is 1.70. The fraction of sp³-hybridized carbons (Fsp3) is 0.571. The van der Waals surface area contributed by atoms with E-state index in [1.54, 1.807) is 12.1 Å². The van der Waals surface area contributed by atoms with Crippen molar-refractivity contribution in [2.24, 2.45) is 13.0 Å². The fourth-order valence-electron chi connectivity index (χ4n) is 4.36. The summed E-state index contributed by atoms with van der Waals surface area (Å²) in [5, 5.41) is 4.39. The van der Waals surface area contributed by atoms with Crippen molar-refractivity contribution in [1.29, 1.82) is 0 Å². The minimum Gasteiger partial charge on any atom is -0.494 e. The monoisotopic (exact) mass is 374 g/mol. The second kappa shape index (κ2) is 8.85. The molecule has 0 unspecified atom stereocenters. The number of nitrogens with zero attached hydrogens (tertiary/aromatic N) is 4. The van der Waals surface area contributed by atoms with Gasteiger partial charge in [0.25, 0.3) is 0 Å². The van der Waals surface area contributed by atoms with E-state index in [4.69, 9.17) is 4.74 Å². The summed E-state index contributed by atoms with van der Waals surface area (Å²) in [4.78, 5) is 4.86. The minimum atomic E-state index is -0.300. The zero-order valence-electron chi connectivity index (χ0n) is 16.9. The molecule has 0 bridgehead atoms. The van der Waals surface area contributed by atoms with Crippen LogP contribution in [-0.4, -0.2) is 53.4 Å². The van der Waals surface area contributed by atoms with Crippen molar-refractivity contribution < 1.29 is 9.13 Å². The number of piperidine rings is 1. The van der Waals surface area contributed by atoms with Gasteiger partial charge in [-0.3, -0.25) is 9.58 Å². The van der Waals surface area contributed by atoms with Crippen molar-refractivity contribution in [2.45, 2.75) is 32.4 Å². The minimum absolute atomic E-state index is 0.295. The van der Waals surface area contributed by atoms with Crippen LogP contribution >= 0.6 is 0 Å². The highest BCUT2D eigenvalue weighted by atomic mass is 19.1. The molecule has 1 aliphatic heterocycles. The number of hydrogen-bond acceptors (Lipinski definition) is 4. The van der Waals surface area contributed by atoms with Crippen LogP contribution < -0.4 is 4.74 Å². The van der Waals surface area contributed by atoms with E-state index in [1.165, 1.54) is 25.5 Å². The first-order valence-corrected chi connectivity index (χ1v) is 9.75. The van der Waals surface area contributed by atoms with Crippen molar-refractivity contribution >= 4 is 0 Å². The quantitative estimate of drug-likeness (QED) is 0.743. The number of likely N-dealkylation sites (tertiary alicyclic amines) is 1. The molecule has 1 aliphatic rings. The van der Waals surface area contributed by atoms with Gasteiger partial charge >= 0.3 is 0 Å². The normalized spacial score (nSPS) is 21.0. The molecule has 0 radical (unpaired) electrons. The zero-order valence-corrected chi connectivity index (χ0v) is 16.9. The second-order valence-corrected chi connectivity index (χ2v) is 7.59. The van der Waals surface area contributed by atoms with E-state index in [2.05, 4.69) is 35.1 Å². The van der Waals surface area contributed by atoms with Crippen molar-refractivity contribution in [3.63, 3.8) is 0 Å². The van der Waals surface area contributed by atoms with Crippen LogP contribution in [0.4, 0.5) is 4.39 Å². The fourth-order valence-corrected chi connectivity index (χ4v) is 4.36. The summed E-state index contributed by atoms with van der Waals surface area (Å²) in [5.74, 6) is 0.534. The number of hydrogen-bond donors (Lipinski definition) is 0. The molecule has 2 atom stereocenters. The van der Waals surface area contributed by atoms with E-state index < -0.39 is 0 Å². The van der Waals surface area contributed by atoms with Crippen LogP contribution in [0.5, 0.6) is 5.75 Å². The molecule has 27 heavy (non-hydrogen) atoms. The predicted molar refractivity (Wildman–Crippen MR) is 105 cm³/mol. The summed E-state index contributed by atoms with van der Waals surface area (Å²) in [6, 6.07) is 5.62. The van der Waals surface area contributed by atoms with Gasteiger partial charge in [-0.25, -0.2) is 4.39 Å². The van der Waals surface area contributed by atoms with E-state index in [1.807, 2.05) is 24.0 Å². The van der Waals surface area contributed by atoms with Crippen LogP contribution in [0.25, 0.3) is 0 Å². The van der Waals surface area contributed by atoms with Crippen LogP contribution in [-0.2, 0) is 13.6 Å². The molecule has 3 rings (SSSR count). The highest BCUT2D eigenvalue weighted by Crippen LogP contribution is 2.36. The molecule has 148 valence electrons. The largest absolute Gasteiger partial charge is 0.494 e. The lowest BCUT2D eigenvalue weighted by atomic mass is 9.85. The number of aromatic nitrogens is 2. The average Bonchev–Trinajstić information content (AvgIpc) is 3.07. The molecule has 5 nitrogen and oxygen atoms in total. The maximum atomic E-state index is 14.0. The summed E-state index contributed by atoms with van der Waals surface area (Å²) >= 11 is 0. The van der Waals surface area contributed by atoms with Gasteiger partial charge < -0.3 is 9.64 Å². The molecule has 6 heteroatoms. The highest BCUT2D eigenvalue weighted by molar-refractivity contribution is 5.29. The van der Waals surface area contributed by atoms with E-state index in [9.17, 15) is 4.39 Å². The summed E-state index contributed by atoms with van der Waals surface area (Å²) < 4.78 is 20.9. The molecule has 1 aromatic heterocycles. The van der Waals surface area contributed by atoms with Gasteiger partial charge in [0.1, 0.15) is 0 Å². The zero-order chi connectivity index (χ0) is 19.4. The lowest BCUT2D eigenvalue weighted by molar-refractivity contribution is 0.0749. The van der Waals surface area contributed by atoms with Gasteiger partial charge in [-0.05, 0) is 56.6 Å². The maximum Gasteiger partial charge on any atom is 0.165 e. The van der Waals surface area contributed by atoms with Gasteiger partial charge in [-0.1, -0.05) is 13.0 Å². The summed E-state index contributed by atoms with van der Waals surface area (Å²) in [7, 11) is 5.58. The van der Waals surface area contributed by atoms with Crippen LogP contribution in [0.1, 0.15) is 36.9 Å². The molecule has 2 heterocycles. The lowest BCUT2D eigenvalue weighted by Crippen LogP contribution is -2.42. The van der Waals surface area contributed by atoms with E-state index in [0.29, 0.717) is 17.7 Å². The molecule has 1 aromatic carbocycles. The molecule has 1 saturated heterocycles. The lowest BCUT2D eigenvalue weighted by Gasteiger charge is -2.42. The maximum absolute atomic E-state index is 14.0. The molecule has 0 amide bonds. The van der Waals surface area contributed by atoms with Crippen molar-refractivity contribution in [1.82, 2.24) is 19.6 Å².